The number of hydrogen-bond acceptors (Lipinski definition) is 5. The minimum Gasteiger partial charge on any atom is -0.398 e. The number of nitrogens with zero attached hydrogens (tertiary/aromatic N) is 2. The summed E-state index contributed by atoms with van der Waals surface area (Å²) in [6.45, 7) is 7.85. The summed E-state index contributed by atoms with van der Waals surface area (Å²) in [5.41, 5.74) is 6.75. The van der Waals surface area contributed by atoms with Crippen LogP contribution >= 0.6 is 11.3 Å². The Bertz CT molecular complexity index is 331. The average molecular weight is 254 g/mol. The molecule has 3 N–H and O–H groups in total. The number of piperazine rings is 1. The largest absolute Gasteiger partial charge is 0.398 e. The third kappa shape index (κ3) is 3.96. The summed E-state index contributed by atoms with van der Waals surface area (Å²) in [4.78, 5) is 6.16. The van der Waals surface area contributed by atoms with Crippen molar-refractivity contribution in [3.8, 4) is 0 Å². The Morgan fingerprint density at radius 2 is 2.12 bits per heavy atom. The van der Waals surface area contributed by atoms with Crippen molar-refractivity contribution in [3.05, 3.63) is 16.3 Å². The molecule has 0 aliphatic carbocycles. The van der Waals surface area contributed by atoms with Crippen LogP contribution in [0.1, 0.15) is 4.88 Å². The van der Waals surface area contributed by atoms with Crippen LogP contribution in [0.2, 0.25) is 0 Å². The van der Waals surface area contributed by atoms with Crippen LogP contribution in [0.25, 0.3) is 0 Å². The number of thiophene rings is 1. The summed E-state index contributed by atoms with van der Waals surface area (Å²) in [5, 5.41) is 5.51. The summed E-state index contributed by atoms with van der Waals surface area (Å²) in [5.74, 6) is 0. The molecule has 2 rings (SSSR count). The SMILES string of the molecule is CN1CCN(CCNCc2sccc2N)CC1. The van der Waals surface area contributed by atoms with Crippen molar-refractivity contribution in [1.29, 1.82) is 0 Å². The number of nitrogens with two attached hydrogens (primary N) is 1. The van der Waals surface area contributed by atoms with Crippen molar-refractivity contribution in [2.45, 2.75) is 6.54 Å². The fourth-order valence-electron chi connectivity index (χ4n) is 2.00. The summed E-state index contributed by atoms with van der Waals surface area (Å²) in [6.07, 6.45) is 0. The number of likely N-dealkylation sites (N-methyl/N-ethyl adjacent to an activating group) is 1. The van der Waals surface area contributed by atoms with Gasteiger partial charge in [-0.25, -0.2) is 0 Å². The highest BCUT2D eigenvalue weighted by Crippen LogP contribution is 2.17. The van der Waals surface area contributed by atoms with Crippen LogP contribution in [0, 0.1) is 0 Å². The zero-order valence-electron chi connectivity index (χ0n) is 10.5. The third-order valence-electron chi connectivity index (χ3n) is 3.27. The molecule has 0 atom stereocenters. The molecule has 1 aliphatic heterocycles. The van der Waals surface area contributed by atoms with Crippen LogP contribution in [-0.2, 0) is 6.54 Å². The van der Waals surface area contributed by atoms with E-state index in [2.05, 4.69) is 22.2 Å². The number of hydrogen-bond donors (Lipinski definition) is 2. The smallest absolute Gasteiger partial charge is 0.0468 e. The Balaban J connectivity index is 1.59. The highest BCUT2D eigenvalue weighted by atomic mass is 32.1. The highest BCUT2D eigenvalue weighted by molar-refractivity contribution is 7.10. The van der Waals surface area contributed by atoms with Crippen LogP contribution in [0.4, 0.5) is 5.69 Å². The first kappa shape index (κ1) is 12.8. The molecule has 17 heavy (non-hydrogen) atoms. The number of rotatable bonds is 5. The summed E-state index contributed by atoms with van der Waals surface area (Å²) < 4.78 is 0. The second kappa shape index (κ2) is 6.35. The molecule has 1 aromatic heterocycles. The second-order valence-electron chi connectivity index (χ2n) is 4.62. The van der Waals surface area contributed by atoms with Crippen molar-refractivity contribution >= 4 is 17.0 Å². The molecular formula is C12H22N4S. The second-order valence-corrected chi connectivity index (χ2v) is 5.62. The maximum absolute atomic E-state index is 5.84. The Kier molecular flexibility index (Phi) is 4.79. The lowest BCUT2D eigenvalue weighted by Crippen LogP contribution is -2.46. The summed E-state index contributed by atoms with van der Waals surface area (Å²) in [6, 6.07) is 1.97. The fourth-order valence-corrected chi connectivity index (χ4v) is 2.77. The number of anilines is 1. The summed E-state index contributed by atoms with van der Waals surface area (Å²) in [7, 11) is 2.19. The molecule has 0 aromatic carbocycles. The lowest BCUT2D eigenvalue weighted by atomic mass is 10.3. The molecular weight excluding hydrogens is 232 g/mol. The molecule has 2 heterocycles. The maximum Gasteiger partial charge on any atom is 0.0468 e. The first-order valence-corrected chi connectivity index (χ1v) is 7.07. The summed E-state index contributed by atoms with van der Waals surface area (Å²) >= 11 is 1.73. The lowest BCUT2D eigenvalue weighted by Gasteiger charge is -2.32. The molecule has 4 nitrogen and oxygen atoms in total. The third-order valence-corrected chi connectivity index (χ3v) is 4.20. The van der Waals surface area contributed by atoms with Gasteiger partial charge in [0.15, 0.2) is 0 Å². The molecule has 0 unspecified atom stereocenters. The number of nitrogen functional groups attached to an aromatic ring is 1. The van der Waals surface area contributed by atoms with Gasteiger partial charge in [-0.1, -0.05) is 0 Å². The maximum atomic E-state index is 5.84. The minimum atomic E-state index is 0.900. The Morgan fingerprint density at radius 3 is 2.76 bits per heavy atom. The van der Waals surface area contributed by atoms with Crippen LogP contribution in [-0.4, -0.2) is 56.1 Å². The lowest BCUT2D eigenvalue weighted by molar-refractivity contribution is 0.154. The van der Waals surface area contributed by atoms with E-state index < -0.39 is 0 Å². The van der Waals surface area contributed by atoms with Gasteiger partial charge in [-0.15, -0.1) is 11.3 Å². The molecule has 0 amide bonds. The molecule has 0 spiro atoms. The predicted molar refractivity (Wildman–Crippen MR) is 74.4 cm³/mol. The molecule has 0 bridgehead atoms. The first-order valence-electron chi connectivity index (χ1n) is 6.19. The van der Waals surface area contributed by atoms with Gasteiger partial charge in [0, 0.05) is 56.4 Å². The fraction of sp³-hybridized carbons (Fsp3) is 0.667. The Hall–Kier alpha value is -0.620. The van der Waals surface area contributed by atoms with Crippen molar-refractivity contribution in [2.75, 3.05) is 52.0 Å². The van der Waals surface area contributed by atoms with E-state index >= 15 is 0 Å². The van der Waals surface area contributed by atoms with Gasteiger partial charge >= 0.3 is 0 Å². The Morgan fingerprint density at radius 1 is 1.35 bits per heavy atom. The van der Waals surface area contributed by atoms with Crippen LogP contribution in [0.15, 0.2) is 11.4 Å². The van der Waals surface area contributed by atoms with Gasteiger partial charge in [-0.2, -0.15) is 0 Å². The molecule has 1 fully saturated rings. The van der Waals surface area contributed by atoms with Crippen LogP contribution < -0.4 is 11.1 Å². The standard InChI is InChI=1S/C12H22N4S/c1-15-5-7-16(8-6-15)4-3-14-10-12-11(13)2-9-17-12/h2,9,14H,3-8,10,13H2,1H3. The van der Waals surface area contributed by atoms with Gasteiger partial charge in [0.1, 0.15) is 0 Å². The molecule has 1 aromatic rings. The number of nitrogens with one attached hydrogen (secondary N) is 1. The topological polar surface area (TPSA) is 44.5 Å². The van der Waals surface area contributed by atoms with Gasteiger partial charge in [0.25, 0.3) is 0 Å². The average Bonchev–Trinajstić information content (AvgIpc) is 2.73. The van der Waals surface area contributed by atoms with Crippen molar-refractivity contribution in [3.63, 3.8) is 0 Å². The molecule has 0 radical (unpaired) electrons. The monoisotopic (exact) mass is 254 g/mol. The molecule has 1 aliphatic rings. The predicted octanol–water partition coefficient (Wildman–Crippen LogP) is 0.667. The Labute approximate surface area is 107 Å². The van der Waals surface area contributed by atoms with Crippen LogP contribution in [0.3, 0.4) is 0 Å². The van der Waals surface area contributed by atoms with Crippen molar-refractivity contribution < 1.29 is 0 Å². The van der Waals surface area contributed by atoms with E-state index in [1.54, 1.807) is 11.3 Å². The van der Waals surface area contributed by atoms with E-state index in [-0.39, 0.29) is 0 Å². The van der Waals surface area contributed by atoms with Gasteiger partial charge in [0.2, 0.25) is 0 Å². The minimum absolute atomic E-state index is 0.900. The van der Waals surface area contributed by atoms with Crippen molar-refractivity contribution in [2.24, 2.45) is 0 Å². The van der Waals surface area contributed by atoms with E-state index in [4.69, 9.17) is 5.73 Å². The van der Waals surface area contributed by atoms with E-state index in [1.165, 1.54) is 31.1 Å². The molecule has 96 valence electrons. The zero-order valence-corrected chi connectivity index (χ0v) is 11.3. The van der Waals surface area contributed by atoms with Gasteiger partial charge < -0.3 is 16.0 Å². The molecule has 1 saturated heterocycles. The van der Waals surface area contributed by atoms with E-state index in [9.17, 15) is 0 Å². The van der Waals surface area contributed by atoms with Gasteiger partial charge in [-0.05, 0) is 18.5 Å². The quantitative estimate of drug-likeness (QED) is 0.758. The van der Waals surface area contributed by atoms with E-state index in [1.807, 2.05) is 11.4 Å². The van der Waals surface area contributed by atoms with Gasteiger partial charge in [-0.3, -0.25) is 4.90 Å². The van der Waals surface area contributed by atoms with E-state index in [0.717, 1.165) is 25.3 Å². The highest BCUT2D eigenvalue weighted by Gasteiger charge is 2.12. The first-order chi connectivity index (χ1) is 8.25. The van der Waals surface area contributed by atoms with E-state index in [0.29, 0.717) is 0 Å². The molecule has 0 saturated carbocycles. The van der Waals surface area contributed by atoms with Gasteiger partial charge in [0.05, 0.1) is 0 Å². The normalized spacial score (nSPS) is 18.6. The van der Waals surface area contributed by atoms with Crippen molar-refractivity contribution in [1.82, 2.24) is 15.1 Å². The zero-order chi connectivity index (χ0) is 12.1. The molecule has 5 heteroatoms. The van der Waals surface area contributed by atoms with Crippen LogP contribution in [0.5, 0.6) is 0 Å².